The number of carbonyl (C=O) groups excluding carboxylic acids is 2. The van der Waals surface area contributed by atoms with Crippen LogP contribution in [0.25, 0.3) is 11.0 Å². The van der Waals surface area contributed by atoms with E-state index in [1.165, 1.54) is 0 Å². The Morgan fingerprint density at radius 1 is 0.944 bits per heavy atom. The Balaban J connectivity index is 1.74. The first kappa shape index (κ1) is 25.1. The monoisotopic (exact) mass is 483 g/mol. The van der Waals surface area contributed by atoms with Crippen molar-refractivity contribution in [2.24, 2.45) is 5.92 Å². The summed E-state index contributed by atoms with van der Waals surface area (Å²) in [7, 11) is 0. The van der Waals surface area contributed by atoms with Gasteiger partial charge in [-0.05, 0) is 54.2 Å². The second-order valence-corrected chi connectivity index (χ2v) is 9.31. The quantitative estimate of drug-likeness (QED) is 0.347. The minimum absolute atomic E-state index is 0.0430. The third kappa shape index (κ3) is 5.79. The van der Waals surface area contributed by atoms with Gasteiger partial charge in [0.15, 0.2) is 0 Å². The molecule has 4 aromatic rings. The largest absolute Gasteiger partial charge is 0.354 e. The van der Waals surface area contributed by atoms with Crippen LogP contribution in [0.3, 0.4) is 0 Å². The van der Waals surface area contributed by atoms with Crippen LogP contribution in [0.1, 0.15) is 44.4 Å². The Labute approximate surface area is 212 Å². The normalized spacial score (nSPS) is 12.0. The molecule has 0 spiro atoms. The molecule has 1 aromatic heterocycles. The number of amides is 2. The van der Waals surface area contributed by atoms with Gasteiger partial charge >= 0.3 is 0 Å². The predicted molar refractivity (Wildman–Crippen MR) is 142 cm³/mol. The van der Waals surface area contributed by atoms with E-state index in [1.807, 2.05) is 78.9 Å². The molecule has 1 N–H and O–H groups in total. The van der Waals surface area contributed by atoms with E-state index in [-0.39, 0.29) is 18.4 Å². The lowest BCUT2D eigenvalue weighted by Crippen LogP contribution is -2.45. The van der Waals surface area contributed by atoms with Gasteiger partial charge in [-0.25, -0.2) is 4.68 Å². The fourth-order valence-corrected chi connectivity index (χ4v) is 4.20. The lowest BCUT2D eigenvalue weighted by atomic mass is 10.0. The molecule has 36 heavy (non-hydrogen) atoms. The summed E-state index contributed by atoms with van der Waals surface area (Å²) >= 11 is 0. The zero-order chi connectivity index (χ0) is 25.5. The highest BCUT2D eigenvalue weighted by atomic mass is 16.2. The number of carbonyl (C=O) groups is 2. The van der Waals surface area contributed by atoms with Gasteiger partial charge in [0.1, 0.15) is 18.1 Å². The van der Waals surface area contributed by atoms with Crippen LogP contribution in [0.2, 0.25) is 0 Å². The molecule has 7 heteroatoms. The van der Waals surface area contributed by atoms with E-state index in [4.69, 9.17) is 0 Å². The van der Waals surface area contributed by atoms with Crippen molar-refractivity contribution < 1.29 is 9.59 Å². The molecule has 0 fully saturated rings. The SMILES string of the molecule is CCc1ccc(N(C(=O)Cn2nnc3ccccc32)[C@H](C(=O)NCCC(C)C)c2ccccc2)cc1. The Kier molecular flexibility index (Phi) is 8.10. The first-order valence-electron chi connectivity index (χ1n) is 12.5. The smallest absolute Gasteiger partial charge is 0.249 e. The molecule has 0 saturated carbocycles. The van der Waals surface area contributed by atoms with Crippen LogP contribution < -0.4 is 10.2 Å². The van der Waals surface area contributed by atoms with Crippen LogP contribution in [-0.4, -0.2) is 33.4 Å². The van der Waals surface area contributed by atoms with Crippen molar-refractivity contribution >= 4 is 28.5 Å². The summed E-state index contributed by atoms with van der Waals surface area (Å²) in [5.74, 6) is 0.00127. The van der Waals surface area contributed by atoms with E-state index in [1.54, 1.807) is 9.58 Å². The van der Waals surface area contributed by atoms with Crippen LogP contribution >= 0.6 is 0 Å². The molecule has 0 bridgehead atoms. The van der Waals surface area contributed by atoms with Crippen molar-refractivity contribution in [1.29, 1.82) is 0 Å². The van der Waals surface area contributed by atoms with Gasteiger partial charge in [0.2, 0.25) is 11.8 Å². The molecule has 0 saturated heterocycles. The summed E-state index contributed by atoms with van der Waals surface area (Å²) in [6.45, 7) is 6.83. The molecule has 0 aliphatic rings. The maximum absolute atomic E-state index is 14.0. The van der Waals surface area contributed by atoms with E-state index in [0.717, 1.165) is 35.0 Å². The first-order chi connectivity index (χ1) is 17.5. The fraction of sp³-hybridized carbons (Fsp3) is 0.310. The Hall–Kier alpha value is -4.00. The number of benzene rings is 3. The number of aromatic nitrogens is 3. The molecule has 2 amide bonds. The summed E-state index contributed by atoms with van der Waals surface area (Å²) in [6, 6.07) is 24.0. The van der Waals surface area contributed by atoms with Crippen molar-refractivity contribution in [3.63, 3.8) is 0 Å². The van der Waals surface area contributed by atoms with Gasteiger partial charge in [-0.3, -0.25) is 14.5 Å². The van der Waals surface area contributed by atoms with Gasteiger partial charge in [-0.2, -0.15) is 0 Å². The summed E-state index contributed by atoms with van der Waals surface area (Å²) in [5, 5.41) is 11.4. The number of aryl methyl sites for hydroxylation is 1. The van der Waals surface area contributed by atoms with Crippen molar-refractivity contribution in [2.45, 2.75) is 46.2 Å². The zero-order valence-electron chi connectivity index (χ0n) is 21.1. The number of fused-ring (bicyclic) bond motifs is 1. The standard InChI is InChI=1S/C29H33N5O2/c1-4-22-14-16-24(17-15-22)34(27(35)20-33-26-13-9-8-12-25(26)31-32-33)28(23-10-6-5-7-11-23)29(36)30-19-18-21(2)3/h5-17,21,28H,4,18-20H2,1-3H3,(H,30,36)/t28-/m0/s1. The predicted octanol–water partition coefficient (Wildman–Crippen LogP) is 4.93. The first-order valence-corrected chi connectivity index (χ1v) is 12.5. The molecule has 3 aromatic carbocycles. The van der Waals surface area contributed by atoms with Gasteiger partial charge < -0.3 is 5.32 Å². The molecule has 186 valence electrons. The molecular formula is C29H33N5O2. The van der Waals surface area contributed by atoms with Gasteiger partial charge in [0, 0.05) is 12.2 Å². The summed E-state index contributed by atoms with van der Waals surface area (Å²) in [5.41, 5.74) is 4.05. The minimum Gasteiger partial charge on any atom is -0.354 e. The van der Waals surface area contributed by atoms with E-state index < -0.39 is 6.04 Å². The molecule has 0 aliphatic heterocycles. The molecule has 1 heterocycles. The average molecular weight is 484 g/mol. The van der Waals surface area contributed by atoms with E-state index >= 15 is 0 Å². The molecule has 0 radical (unpaired) electrons. The van der Waals surface area contributed by atoms with Gasteiger partial charge in [0.05, 0.1) is 5.52 Å². The van der Waals surface area contributed by atoms with E-state index in [9.17, 15) is 9.59 Å². The highest BCUT2D eigenvalue weighted by Crippen LogP contribution is 2.29. The topological polar surface area (TPSA) is 80.1 Å². The molecule has 1 atom stereocenters. The number of nitrogens with zero attached hydrogens (tertiary/aromatic N) is 4. The van der Waals surface area contributed by atoms with Gasteiger partial charge in [-0.1, -0.05) is 80.6 Å². The number of anilines is 1. The molecule has 0 unspecified atom stereocenters. The minimum atomic E-state index is -0.826. The number of para-hydroxylation sites is 1. The van der Waals surface area contributed by atoms with Crippen molar-refractivity contribution in [2.75, 3.05) is 11.4 Å². The molecule has 4 rings (SSSR count). The van der Waals surface area contributed by atoms with Crippen molar-refractivity contribution in [3.05, 3.63) is 90.0 Å². The summed E-state index contributed by atoms with van der Waals surface area (Å²) < 4.78 is 1.59. The molecular weight excluding hydrogens is 450 g/mol. The highest BCUT2D eigenvalue weighted by Gasteiger charge is 2.33. The summed E-state index contributed by atoms with van der Waals surface area (Å²) in [4.78, 5) is 29.2. The van der Waals surface area contributed by atoms with Crippen LogP contribution in [0.5, 0.6) is 0 Å². The van der Waals surface area contributed by atoms with Crippen LogP contribution in [0.4, 0.5) is 5.69 Å². The number of rotatable bonds is 10. The lowest BCUT2D eigenvalue weighted by Gasteiger charge is -2.32. The highest BCUT2D eigenvalue weighted by molar-refractivity contribution is 6.01. The van der Waals surface area contributed by atoms with Crippen LogP contribution in [0.15, 0.2) is 78.9 Å². The number of nitrogens with one attached hydrogen (secondary N) is 1. The fourth-order valence-electron chi connectivity index (χ4n) is 4.20. The van der Waals surface area contributed by atoms with Crippen LogP contribution in [0, 0.1) is 5.92 Å². The third-order valence-corrected chi connectivity index (χ3v) is 6.24. The van der Waals surface area contributed by atoms with E-state index in [2.05, 4.69) is 36.4 Å². The molecule has 0 aliphatic carbocycles. The molecule has 7 nitrogen and oxygen atoms in total. The van der Waals surface area contributed by atoms with Gasteiger partial charge in [0.25, 0.3) is 0 Å². The zero-order valence-corrected chi connectivity index (χ0v) is 21.1. The Bertz CT molecular complexity index is 1300. The second-order valence-electron chi connectivity index (χ2n) is 9.31. The lowest BCUT2D eigenvalue weighted by molar-refractivity contribution is -0.127. The van der Waals surface area contributed by atoms with Crippen molar-refractivity contribution in [1.82, 2.24) is 20.3 Å². The van der Waals surface area contributed by atoms with Crippen molar-refractivity contribution in [3.8, 4) is 0 Å². The maximum Gasteiger partial charge on any atom is 0.249 e. The number of hydrogen-bond donors (Lipinski definition) is 1. The van der Waals surface area contributed by atoms with Crippen LogP contribution in [-0.2, 0) is 22.6 Å². The summed E-state index contributed by atoms with van der Waals surface area (Å²) in [6.07, 6.45) is 1.74. The number of hydrogen-bond acceptors (Lipinski definition) is 4. The third-order valence-electron chi connectivity index (χ3n) is 6.24. The average Bonchev–Trinajstić information content (AvgIpc) is 3.30. The Morgan fingerprint density at radius 2 is 1.64 bits per heavy atom. The van der Waals surface area contributed by atoms with Gasteiger partial charge in [-0.15, -0.1) is 5.10 Å². The Morgan fingerprint density at radius 3 is 2.33 bits per heavy atom. The second kappa shape index (κ2) is 11.6. The maximum atomic E-state index is 14.0. The van der Waals surface area contributed by atoms with E-state index in [0.29, 0.717) is 18.2 Å².